The molecule has 1 aliphatic rings. The van der Waals surface area contributed by atoms with Crippen LogP contribution in [0.3, 0.4) is 0 Å². The smallest absolute Gasteiger partial charge is 0.228 e. The minimum atomic E-state index is -0.602. The number of hydrogen-bond donors (Lipinski definition) is 2. The zero-order valence-corrected chi connectivity index (χ0v) is 11.0. The molecule has 1 unspecified atom stereocenters. The fourth-order valence-corrected chi connectivity index (χ4v) is 2.26. The van der Waals surface area contributed by atoms with Crippen molar-refractivity contribution in [1.82, 2.24) is 5.32 Å². The molecule has 2 N–H and O–H groups in total. The highest BCUT2D eigenvalue weighted by atomic mass is 16.5. The van der Waals surface area contributed by atoms with Crippen LogP contribution >= 0.6 is 0 Å². The molecule has 0 spiro atoms. The van der Waals surface area contributed by atoms with Crippen molar-refractivity contribution in [2.75, 3.05) is 26.4 Å². The van der Waals surface area contributed by atoms with E-state index in [1.807, 2.05) is 13.8 Å². The lowest BCUT2D eigenvalue weighted by molar-refractivity contribution is -0.134. The van der Waals surface area contributed by atoms with Crippen LogP contribution in [0.15, 0.2) is 0 Å². The van der Waals surface area contributed by atoms with E-state index in [-0.39, 0.29) is 12.5 Å². The minimum Gasteiger partial charge on any atom is -0.395 e. The molecule has 1 amide bonds. The van der Waals surface area contributed by atoms with Crippen molar-refractivity contribution in [3.8, 4) is 0 Å². The quantitative estimate of drug-likeness (QED) is 0.740. The second-order valence-electron chi connectivity index (χ2n) is 4.94. The van der Waals surface area contributed by atoms with Crippen LogP contribution < -0.4 is 5.32 Å². The van der Waals surface area contributed by atoms with Crippen molar-refractivity contribution in [2.24, 2.45) is 11.3 Å². The van der Waals surface area contributed by atoms with Gasteiger partial charge in [0, 0.05) is 13.2 Å². The van der Waals surface area contributed by atoms with Crippen LogP contribution in [0.4, 0.5) is 0 Å². The Morgan fingerprint density at radius 2 is 2.18 bits per heavy atom. The van der Waals surface area contributed by atoms with Gasteiger partial charge in [0.15, 0.2) is 0 Å². The standard InChI is InChI=1S/C13H25NO3/c1-3-13(4-2,10-15)12(16)14-8-11-6-5-7-17-9-11/h11,15H,3-10H2,1-2H3,(H,14,16). The van der Waals surface area contributed by atoms with Gasteiger partial charge in [0.25, 0.3) is 0 Å². The molecule has 100 valence electrons. The summed E-state index contributed by atoms with van der Waals surface area (Å²) in [5.41, 5.74) is -0.602. The lowest BCUT2D eigenvalue weighted by Crippen LogP contribution is -2.45. The van der Waals surface area contributed by atoms with Gasteiger partial charge in [-0.05, 0) is 31.6 Å². The monoisotopic (exact) mass is 243 g/mol. The van der Waals surface area contributed by atoms with Crippen LogP contribution in [0.2, 0.25) is 0 Å². The SMILES string of the molecule is CCC(CC)(CO)C(=O)NCC1CCCOC1. The van der Waals surface area contributed by atoms with Gasteiger partial charge in [0.05, 0.1) is 18.6 Å². The van der Waals surface area contributed by atoms with E-state index in [1.165, 1.54) is 0 Å². The zero-order chi connectivity index (χ0) is 12.7. The Morgan fingerprint density at radius 3 is 2.65 bits per heavy atom. The summed E-state index contributed by atoms with van der Waals surface area (Å²) in [6, 6.07) is 0. The third-order valence-corrected chi connectivity index (χ3v) is 3.94. The van der Waals surface area contributed by atoms with Gasteiger partial charge in [-0.25, -0.2) is 0 Å². The number of aliphatic hydroxyl groups is 1. The lowest BCUT2D eigenvalue weighted by Gasteiger charge is -2.29. The Morgan fingerprint density at radius 1 is 1.47 bits per heavy atom. The van der Waals surface area contributed by atoms with E-state index in [9.17, 15) is 9.90 Å². The normalized spacial score (nSPS) is 21.2. The Balaban J connectivity index is 2.41. The van der Waals surface area contributed by atoms with Crippen molar-refractivity contribution in [1.29, 1.82) is 0 Å². The largest absolute Gasteiger partial charge is 0.395 e. The van der Waals surface area contributed by atoms with Crippen LogP contribution in [-0.4, -0.2) is 37.4 Å². The van der Waals surface area contributed by atoms with Crippen molar-refractivity contribution in [3.63, 3.8) is 0 Å². The van der Waals surface area contributed by atoms with Gasteiger partial charge in [0.1, 0.15) is 0 Å². The summed E-state index contributed by atoms with van der Waals surface area (Å²) in [5.74, 6) is 0.411. The third kappa shape index (κ3) is 3.68. The number of carbonyl (C=O) groups is 1. The van der Waals surface area contributed by atoms with Gasteiger partial charge < -0.3 is 15.2 Å². The molecule has 1 saturated heterocycles. The van der Waals surface area contributed by atoms with Gasteiger partial charge >= 0.3 is 0 Å². The molecule has 0 saturated carbocycles. The Kier molecular flexibility index (Phi) is 5.92. The van der Waals surface area contributed by atoms with Gasteiger partial charge in [-0.1, -0.05) is 13.8 Å². The predicted molar refractivity (Wildman–Crippen MR) is 66.7 cm³/mol. The molecule has 17 heavy (non-hydrogen) atoms. The Bertz CT molecular complexity index is 225. The van der Waals surface area contributed by atoms with E-state index in [0.29, 0.717) is 25.3 Å². The first-order chi connectivity index (χ1) is 8.18. The molecule has 4 nitrogen and oxygen atoms in total. The summed E-state index contributed by atoms with van der Waals surface area (Å²) in [6.45, 7) is 6.07. The number of hydrogen-bond acceptors (Lipinski definition) is 3. The average Bonchev–Trinajstić information content (AvgIpc) is 2.40. The molecule has 0 aromatic rings. The zero-order valence-electron chi connectivity index (χ0n) is 11.0. The average molecular weight is 243 g/mol. The molecule has 1 rings (SSSR count). The topological polar surface area (TPSA) is 58.6 Å². The number of carbonyl (C=O) groups excluding carboxylic acids is 1. The van der Waals surface area contributed by atoms with Gasteiger partial charge in [-0.15, -0.1) is 0 Å². The summed E-state index contributed by atoms with van der Waals surface area (Å²) < 4.78 is 5.38. The molecule has 1 fully saturated rings. The molecule has 4 heteroatoms. The van der Waals surface area contributed by atoms with E-state index in [1.54, 1.807) is 0 Å². The Hall–Kier alpha value is -0.610. The molecule has 0 bridgehead atoms. The number of rotatable bonds is 6. The first-order valence-electron chi connectivity index (χ1n) is 6.65. The number of amides is 1. The van der Waals surface area contributed by atoms with Crippen LogP contribution in [0.1, 0.15) is 39.5 Å². The fraction of sp³-hybridized carbons (Fsp3) is 0.923. The number of ether oxygens (including phenoxy) is 1. The molecule has 0 aromatic heterocycles. The summed E-state index contributed by atoms with van der Waals surface area (Å²) >= 11 is 0. The third-order valence-electron chi connectivity index (χ3n) is 3.94. The summed E-state index contributed by atoms with van der Waals surface area (Å²) in [5, 5.41) is 12.4. The van der Waals surface area contributed by atoms with Crippen LogP contribution in [0.5, 0.6) is 0 Å². The van der Waals surface area contributed by atoms with Crippen molar-refractivity contribution >= 4 is 5.91 Å². The Labute approximate surface area is 104 Å². The summed E-state index contributed by atoms with van der Waals surface area (Å²) in [4.78, 5) is 12.1. The lowest BCUT2D eigenvalue weighted by atomic mass is 9.82. The molecular formula is C13H25NO3. The highest BCUT2D eigenvalue weighted by molar-refractivity contribution is 5.82. The summed E-state index contributed by atoms with van der Waals surface area (Å²) in [7, 11) is 0. The van der Waals surface area contributed by atoms with Gasteiger partial charge in [-0.2, -0.15) is 0 Å². The summed E-state index contributed by atoms with van der Waals surface area (Å²) in [6.07, 6.45) is 3.54. The van der Waals surface area contributed by atoms with Crippen LogP contribution in [0.25, 0.3) is 0 Å². The maximum atomic E-state index is 12.1. The first kappa shape index (κ1) is 14.5. The second-order valence-corrected chi connectivity index (χ2v) is 4.94. The molecule has 1 aliphatic heterocycles. The molecule has 1 heterocycles. The van der Waals surface area contributed by atoms with Gasteiger partial charge in [0.2, 0.25) is 5.91 Å². The van der Waals surface area contributed by atoms with E-state index in [4.69, 9.17) is 4.74 Å². The highest BCUT2D eigenvalue weighted by Gasteiger charge is 2.34. The fourth-order valence-electron chi connectivity index (χ4n) is 2.26. The molecule has 1 atom stereocenters. The predicted octanol–water partition coefficient (Wildman–Crippen LogP) is 1.33. The van der Waals surface area contributed by atoms with Crippen molar-refractivity contribution in [2.45, 2.75) is 39.5 Å². The minimum absolute atomic E-state index is 0.0180. The van der Waals surface area contributed by atoms with E-state index in [0.717, 1.165) is 26.1 Å². The van der Waals surface area contributed by atoms with E-state index < -0.39 is 5.41 Å². The number of nitrogens with one attached hydrogen (secondary N) is 1. The van der Waals surface area contributed by atoms with Gasteiger partial charge in [-0.3, -0.25) is 4.79 Å². The molecule has 0 aliphatic carbocycles. The van der Waals surface area contributed by atoms with E-state index in [2.05, 4.69) is 5.32 Å². The number of aliphatic hydroxyl groups excluding tert-OH is 1. The molecular weight excluding hydrogens is 218 g/mol. The maximum Gasteiger partial charge on any atom is 0.228 e. The van der Waals surface area contributed by atoms with Crippen LogP contribution in [0, 0.1) is 11.3 Å². The van der Waals surface area contributed by atoms with Crippen LogP contribution in [-0.2, 0) is 9.53 Å². The first-order valence-corrected chi connectivity index (χ1v) is 6.65. The molecule has 0 aromatic carbocycles. The highest BCUT2D eigenvalue weighted by Crippen LogP contribution is 2.26. The van der Waals surface area contributed by atoms with E-state index >= 15 is 0 Å². The van der Waals surface area contributed by atoms with Crippen molar-refractivity contribution < 1.29 is 14.6 Å². The second kappa shape index (κ2) is 6.97. The van der Waals surface area contributed by atoms with Crippen molar-refractivity contribution in [3.05, 3.63) is 0 Å². The maximum absolute atomic E-state index is 12.1. The molecule has 0 radical (unpaired) electrons.